The number of allylic oxidation sites excluding steroid dienone is 1. The van der Waals surface area contributed by atoms with Crippen LogP contribution in [0.4, 0.5) is 8.78 Å². The maximum atomic E-state index is 14.6. The van der Waals surface area contributed by atoms with Crippen molar-refractivity contribution in [2.24, 2.45) is 5.92 Å². The standard InChI is InChI=1S/C35H39F2N5O4/c1-21(29-17-27(46-28-3-2-14-38-18-28)11-8-23(29)7-6-22-4-5-22)40-35(45)32-16-26(37)20-42(32)33(43)19-39-34(44)31-12-9-24-15-25(36)10-13-30(24)41-31/h6-13,15,17,21-22,26,28,32,38H,2-5,14,16,18-20H2,1H3,(H,39,44)(H,40,45)/b7-6+/t21-,26+,28-,32-/m0/s1. The lowest BCUT2D eigenvalue weighted by Gasteiger charge is -2.27. The fourth-order valence-corrected chi connectivity index (χ4v) is 6.06. The molecule has 46 heavy (non-hydrogen) atoms. The highest BCUT2D eigenvalue weighted by molar-refractivity contribution is 5.97. The number of aromatic nitrogens is 1. The Labute approximate surface area is 266 Å². The van der Waals surface area contributed by atoms with Gasteiger partial charge in [0.15, 0.2) is 0 Å². The van der Waals surface area contributed by atoms with E-state index in [1.807, 2.05) is 25.1 Å². The van der Waals surface area contributed by atoms with Crippen molar-refractivity contribution >= 4 is 34.7 Å². The molecule has 3 heterocycles. The second-order valence-electron chi connectivity index (χ2n) is 12.4. The van der Waals surface area contributed by atoms with Crippen LogP contribution in [0.3, 0.4) is 0 Å². The lowest BCUT2D eigenvalue weighted by molar-refractivity contribution is -0.138. The van der Waals surface area contributed by atoms with Crippen LogP contribution in [0.25, 0.3) is 17.0 Å². The van der Waals surface area contributed by atoms with Crippen LogP contribution >= 0.6 is 0 Å². The van der Waals surface area contributed by atoms with E-state index in [0.717, 1.165) is 42.8 Å². The van der Waals surface area contributed by atoms with Crippen LogP contribution in [-0.4, -0.2) is 72.1 Å². The summed E-state index contributed by atoms with van der Waals surface area (Å²) in [6, 6.07) is 11.5. The zero-order valence-corrected chi connectivity index (χ0v) is 25.8. The van der Waals surface area contributed by atoms with E-state index in [-0.39, 0.29) is 24.8 Å². The third kappa shape index (κ3) is 7.70. The molecule has 2 saturated heterocycles. The first-order valence-corrected chi connectivity index (χ1v) is 16.0. The molecule has 0 radical (unpaired) electrons. The molecular formula is C35H39F2N5O4. The maximum absolute atomic E-state index is 14.6. The van der Waals surface area contributed by atoms with Gasteiger partial charge >= 0.3 is 0 Å². The van der Waals surface area contributed by atoms with Gasteiger partial charge in [-0.25, -0.2) is 13.8 Å². The van der Waals surface area contributed by atoms with Crippen LogP contribution in [0.15, 0.2) is 54.6 Å². The number of pyridine rings is 1. The van der Waals surface area contributed by atoms with Crippen molar-refractivity contribution in [1.29, 1.82) is 0 Å². The smallest absolute Gasteiger partial charge is 0.270 e. The van der Waals surface area contributed by atoms with Gasteiger partial charge in [0.05, 0.1) is 24.6 Å². The number of amides is 3. The van der Waals surface area contributed by atoms with Crippen LogP contribution in [0, 0.1) is 11.7 Å². The Balaban J connectivity index is 1.11. The number of ether oxygens (including phenoxy) is 1. The average molecular weight is 632 g/mol. The van der Waals surface area contributed by atoms with Gasteiger partial charge in [0.25, 0.3) is 5.91 Å². The molecule has 1 aliphatic carbocycles. The first-order chi connectivity index (χ1) is 22.2. The maximum Gasteiger partial charge on any atom is 0.270 e. The van der Waals surface area contributed by atoms with E-state index in [1.165, 1.54) is 42.0 Å². The number of halogens is 2. The number of alkyl halides is 1. The number of carbonyl (C=O) groups excluding carboxylic acids is 3. The summed E-state index contributed by atoms with van der Waals surface area (Å²) in [5.41, 5.74) is 2.32. The van der Waals surface area contributed by atoms with Gasteiger partial charge in [0, 0.05) is 18.4 Å². The monoisotopic (exact) mass is 631 g/mol. The third-order valence-electron chi connectivity index (χ3n) is 8.76. The minimum Gasteiger partial charge on any atom is -0.489 e. The highest BCUT2D eigenvalue weighted by atomic mass is 19.1. The summed E-state index contributed by atoms with van der Waals surface area (Å²) < 4.78 is 34.4. The van der Waals surface area contributed by atoms with E-state index in [1.54, 1.807) is 6.07 Å². The van der Waals surface area contributed by atoms with Crippen LogP contribution in [0.2, 0.25) is 0 Å². The van der Waals surface area contributed by atoms with Crippen LogP contribution in [0.1, 0.15) is 66.7 Å². The normalized spacial score (nSPS) is 22.2. The van der Waals surface area contributed by atoms with Gasteiger partial charge in [-0.1, -0.05) is 24.3 Å². The topological polar surface area (TPSA) is 113 Å². The Hall–Kier alpha value is -4.38. The van der Waals surface area contributed by atoms with Gasteiger partial charge in [-0.15, -0.1) is 0 Å². The van der Waals surface area contributed by atoms with Crippen LogP contribution < -0.4 is 20.7 Å². The SMILES string of the molecule is C[C@H](NC(=O)[C@@H]1C[C@@H](F)CN1C(=O)CNC(=O)c1ccc2cc(F)ccc2n1)c1cc(O[C@H]2CCCNC2)ccc1/C=C/C1CC1. The lowest BCUT2D eigenvalue weighted by Crippen LogP contribution is -2.49. The summed E-state index contributed by atoms with van der Waals surface area (Å²) in [5, 5.41) is 9.42. The summed E-state index contributed by atoms with van der Waals surface area (Å²) in [6.07, 6.45) is 7.19. The molecule has 1 saturated carbocycles. The van der Waals surface area contributed by atoms with Crippen molar-refractivity contribution < 1.29 is 27.9 Å². The molecule has 6 rings (SSSR count). The fraction of sp³-hybridized carbons (Fsp3) is 0.429. The predicted molar refractivity (Wildman–Crippen MR) is 170 cm³/mol. The van der Waals surface area contributed by atoms with E-state index >= 15 is 0 Å². The zero-order valence-electron chi connectivity index (χ0n) is 25.8. The number of hydrogen-bond acceptors (Lipinski definition) is 6. The van der Waals surface area contributed by atoms with E-state index in [0.29, 0.717) is 16.8 Å². The largest absolute Gasteiger partial charge is 0.489 e. The molecule has 2 aliphatic heterocycles. The molecule has 3 aliphatic rings. The van der Waals surface area contributed by atoms with Gasteiger partial charge in [-0.05, 0) is 92.6 Å². The Bertz CT molecular complexity index is 1640. The average Bonchev–Trinajstić information content (AvgIpc) is 3.81. The van der Waals surface area contributed by atoms with Crippen molar-refractivity contribution in [1.82, 2.24) is 25.8 Å². The highest BCUT2D eigenvalue weighted by Gasteiger charge is 2.40. The number of likely N-dealkylation sites (tertiary alicyclic amines) is 1. The zero-order chi connectivity index (χ0) is 32.2. The minimum atomic E-state index is -1.37. The Morgan fingerprint density at radius 2 is 1.98 bits per heavy atom. The van der Waals surface area contributed by atoms with Gasteiger partial charge in [0.2, 0.25) is 11.8 Å². The van der Waals surface area contributed by atoms with Crippen molar-refractivity contribution in [2.45, 2.75) is 63.4 Å². The molecular weight excluding hydrogens is 592 g/mol. The quantitative estimate of drug-likeness (QED) is 0.305. The number of nitrogens with zero attached hydrogens (tertiary/aromatic N) is 2. The molecule has 3 amide bonds. The molecule has 4 atom stereocenters. The van der Waals surface area contributed by atoms with Gasteiger partial charge in [-0.3, -0.25) is 14.4 Å². The number of piperidine rings is 1. The summed E-state index contributed by atoms with van der Waals surface area (Å²) in [6.45, 7) is 2.96. The fourth-order valence-electron chi connectivity index (χ4n) is 6.06. The van der Waals surface area contributed by atoms with Crippen molar-refractivity contribution in [3.8, 4) is 5.75 Å². The molecule has 0 unspecified atom stereocenters. The summed E-state index contributed by atoms with van der Waals surface area (Å²) in [4.78, 5) is 44.9. The van der Waals surface area contributed by atoms with Gasteiger partial charge < -0.3 is 25.6 Å². The molecule has 0 bridgehead atoms. The third-order valence-corrected chi connectivity index (χ3v) is 8.76. The molecule has 0 spiro atoms. The summed E-state index contributed by atoms with van der Waals surface area (Å²) >= 11 is 0. The van der Waals surface area contributed by atoms with Gasteiger partial charge in [0.1, 0.15) is 35.6 Å². The van der Waals surface area contributed by atoms with Gasteiger partial charge in [-0.2, -0.15) is 0 Å². The van der Waals surface area contributed by atoms with E-state index in [9.17, 15) is 23.2 Å². The lowest BCUT2D eigenvalue weighted by atomic mass is 9.99. The number of fused-ring (bicyclic) bond motifs is 1. The molecule has 3 aromatic rings. The van der Waals surface area contributed by atoms with Crippen molar-refractivity contribution in [3.63, 3.8) is 0 Å². The predicted octanol–water partition coefficient (Wildman–Crippen LogP) is 4.47. The number of carbonyl (C=O) groups is 3. The Morgan fingerprint density at radius 1 is 1.13 bits per heavy atom. The van der Waals surface area contributed by atoms with Crippen LogP contribution in [-0.2, 0) is 9.59 Å². The second kappa shape index (κ2) is 13.9. The molecule has 3 N–H and O–H groups in total. The number of benzene rings is 2. The van der Waals surface area contributed by atoms with Crippen molar-refractivity contribution in [3.05, 3.63) is 77.2 Å². The Morgan fingerprint density at radius 3 is 2.76 bits per heavy atom. The Kier molecular flexibility index (Phi) is 9.58. The number of rotatable bonds is 10. The number of hydrogen-bond donors (Lipinski definition) is 3. The summed E-state index contributed by atoms with van der Waals surface area (Å²) in [5.74, 6) is -0.766. The van der Waals surface area contributed by atoms with Crippen LogP contribution in [0.5, 0.6) is 5.75 Å². The molecule has 1 aromatic heterocycles. The molecule has 9 nitrogen and oxygen atoms in total. The van der Waals surface area contributed by atoms with Crippen molar-refractivity contribution in [2.75, 3.05) is 26.2 Å². The summed E-state index contributed by atoms with van der Waals surface area (Å²) in [7, 11) is 0. The molecule has 242 valence electrons. The first-order valence-electron chi connectivity index (χ1n) is 16.0. The van der Waals surface area contributed by atoms with E-state index < -0.39 is 48.3 Å². The molecule has 2 aromatic carbocycles. The number of nitrogens with one attached hydrogen (secondary N) is 3. The first kappa shape index (κ1) is 31.6. The molecule has 11 heteroatoms. The highest BCUT2D eigenvalue weighted by Crippen LogP contribution is 2.33. The minimum absolute atomic E-state index is 0.0531. The van der Waals surface area contributed by atoms with E-state index in [4.69, 9.17) is 4.74 Å². The molecule has 3 fully saturated rings. The second-order valence-corrected chi connectivity index (χ2v) is 12.4. The van der Waals surface area contributed by atoms with E-state index in [2.05, 4.69) is 33.1 Å².